The number of nitrogens with zero attached hydrogens (tertiary/aromatic N) is 4. The number of aromatic nitrogens is 3. The van der Waals surface area contributed by atoms with Gasteiger partial charge in [-0.05, 0) is 30.2 Å². The van der Waals surface area contributed by atoms with Crippen LogP contribution in [0.4, 0.5) is 5.69 Å². The van der Waals surface area contributed by atoms with Crippen LogP contribution in [-0.2, 0) is 11.3 Å². The van der Waals surface area contributed by atoms with E-state index in [-0.39, 0.29) is 0 Å². The van der Waals surface area contributed by atoms with Crippen molar-refractivity contribution in [2.45, 2.75) is 19.6 Å². The largest absolute Gasteiger partial charge is 0.378 e. The van der Waals surface area contributed by atoms with Crippen molar-refractivity contribution in [2.24, 2.45) is 5.73 Å². The molecule has 0 saturated carbocycles. The van der Waals surface area contributed by atoms with Gasteiger partial charge in [0.05, 0.1) is 29.2 Å². The van der Waals surface area contributed by atoms with Crippen LogP contribution in [0, 0.1) is 6.92 Å². The summed E-state index contributed by atoms with van der Waals surface area (Å²) in [5, 5.41) is 4.35. The molecular formula is C18H21N5O. The summed E-state index contributed by atoms with van der Waals surface area (Å²) in [5.41, 5.74) is 12.3. The first-order valence-electron chi connectivity index (χ1n) is 8.10. The lowest BCUT2D eigenvalue weighted by Crippen LogP contribution is -2.51. The van der Waals surface area contributed by atoms with E-state index in [9.17, 15) is 0 Å². The van der Waals surface area contributed by atoms with E-state index in [0.29, 0.717) is 12.6 Å². The average Bonchev–Trinajstić information content (AvgIpc) is 2.97. The lowest BCUT2D eigenvalue weighted by molar-refractivity contribution is 0.0788. The Balaban J connectivity index is 1.73. The third kappa shape index (κ3) is 2.44. The molecule has 1 fully saturated rings. The number of hydrogen-bond donors (Lipinski definition) is 1. The Morgan fingerprint density at radius 2 is 2.12 bits per heavy atom. The Hall–Kier alpha value is -2.44. The predicted octanol–water partition coefficient (Wildman–Crippen LogP) is 2.00. The molecule has 1 aliphatic heterocycles. The van der Waals surface area contributed by atoms with Gasteiger partial charge in [0, 0.05) is 32.3 Å². The summed E-state index contributed by atoms with van der Waals surface area (Å²) in [6.07, 6.45) is 3.98. The van der Waals surface area contributed by atoms with Gasteiger partial charge < -0.3 is 15.4 Å². The maximum absolute atomic E-state index is 5.77. The topological polar surface area (TPSA) is 68.7 Å². The summed E-state index contributed by atoms with van der Waals surface area (Å²) in [6, 6.07) is 8.44. The number of methoxy groups -OCH3 is 1. The predicted molar refractivity (Wildman–Crippen MR) is 94.1 cm³/mol. The van der Waals surface area contributed by atoms with Crippen LogP contribution in [0.5, 0.6) is 0 Å². The van der Waals surface area contributed by atoms with Crippen LogP contribution < -0.4 is 10.6 Å². The van der Waals surface area contributed by atoms with Crippen molar-refractivity contribution in [3.8, 4) is 11.3 Å². The molecule has 1 aliphatic rings. The maximum Gasteiger partial charge on any atom is 0.137 e. The van der Waals surface area contributed by atoms with Crippen LogP contribution in [0.1, 0.15) is 11.1 Å². The van der Waals surface area contributed by atoms with Crippen molar-refractivity contribution >= 4 is 11.2 Å². The molecular weight excluding hydrogens is 302 g/mol. The smallest absolute Gasteiger partial charge is 0.137 e. The van der Waals surface area contributed by atoms with Gasteiger partial charge in [-0.2, -0.15) is 5.10 Å². The van der Waals surface area contributed by atoms with Crippen molar-refractivity contribution in [1.29, 1.82) is 0 Å². The zero-order valence-corrected chi connectivity index (χ0v) is 13.9. The molecule has 2 aromatic heterocycles. The Morgan fingerprint density at radius 3 is 2.83 bits per heavy atom. The minimum absolute atomic E-state index is 0.324. The molecule has 1 saturated heterocycles. The van der Waals surface area contributed by atoms with Gasteiger partial charge in [0.15, 0.2) is 0 Å². The number of hydrogen-bond acceptors (Lipinski definition) is 5. The van der Waals surface area contributed by atoms with Crippen molar-refractivity contribution in [1.82, 2.24) is 14.6 Å². The molecule has 6 heteroatoms. The van der Waals surface area contributed by atoms with Gasteiger partial charge in [-0.25, -0.2) is 9.50 Å². The van der Waals surface area contributed by atoms with Gasteiger partial charge in [-0.1, -0.05) is 12.1 Å². The fourth-order valence-electron chi connectivity index (χ4n) is 3.18. The van der Waals surface area contributed by atoms with Crippen LogP contribution in [0.2, 0.25) is 0 Å². The van der Waals surface area contributed by atoms with E-state index in [1.807, 2.05) is 10.7 Å². The highest BCUT2D eigenvalue weighted by Crippen LogP contribution is 2.30. The Kier molecular flexibility index (Phi) is 3.70. The van der Waals surface area contributed by atoms with E-state index in [4.69, 9.17) is 10.5 Å². The fraction of sp³-hybridized carbons (Fsp3) is 0.333. The van der Waals surface area contributed by atoms with E-state index in [1.165, 1.54) is 5.56 Å². The molecule has 0 amide bonds. The van der Waals surface area contributed by atoms with Crippen LogP contribution in [0.15, 0.2) is 36.8 Å². The summed E-state index contributed by atoms with van der Waals surface area (Å²) in [6.45, 7) is 4.47. The first-order chi connectivity index (χ1) is 11.7. The molecule has 0 unspecified atom stereocenters. The maximum atomic E-state index is 5.77. The highest BCUT2D eigenvalue weighted by Gasteiger charge is 2.27. The minimum atomic E-state index is 0.324. The number of anilines is 1. The first-order valence-corrected chi connectivity index (χ1v) is 8.10. The quantitative estimate of drug-likeness (QED) is 0.795. The number of fused-ring (bicyclic) bond motifs is 1. The number of nitrogens with two attached hydrogens (primary N) is 1. The normalized spacial score (nSPS) is 15.0. The van der Waals surface area contributed by atoms with Gasteiger partial charge in [0.25, 0.3) is 0 Å². The van der Waals surface area contributed by atoms with Gasteiger partial charge >= 0.3 is 0 Å². The summed E-state index contributed by atoms with van der Waals surface area (Å²) >= 11 is 0. The first kappa shape index (κ1) is 15.1. The molecule has 3 heterocycles. The molecule has 0 atom stereocenters. The molecule has 3 aromatic rings. The highest BCUT2D eigenvalue weighted by molar-refractivity contribution is 5.80. The molecule has 6 nitrogen and oxygen atoms in total. The van der Waals surface area contributed by atoms with Gasteiger partial charge in [-0.15, -0.1) is 0 Å². The molecule has 0 spiro atoms. The zero-order chi connectivity index (χ0) is 16.7. The second kappa shape index (κ2) is 5.89. The monoisotopic (exact) mass is 323 g/mol. The van der Waals surface area contributed by atoms with E-state index in [0.717, 1.165) is 41.1 Å². The Labute approximate surface area is 140 Å². The van der Waals surface area contributed by atoms with Crippen molar-refractivity contribution in [2.75, 3.05) is 25.1 Å². The molecule has 0 radical (unpaired) electrons. The number of ether oxygens (including phenoxy) is 1. The number of aryl methyl sites for hydroxylation is 1. The molecule has 4 rings (SSSR count). The van der Waals surface area contributed by atoms with Crippen molar-refractivity contribution in [3.63, 3.8) is 0 Å². The average molecular weight is 323 g/mol. The molecule has 0 aliphatic carbocycles. The second-order valence-corrected chi connectivity index (χ2v) is 6.24. The fourth-order valence-corrected chi connectivity index (χ4v) is 3.18. The van der Waals surface area contributed by atoms with Crippen LogP contribution >= 0.6 is 0 Å². The van der Waals surface area contributed by atoms with Crippen LogP contribution in [0.3, 0.4) is 0 Å². The third-order valence-electron chi connectivity index (χ3n) is 4.77. The summed E-state index contributed by atoms with van der Waals surface area (Å²) in [7, 11) is 1.76. The summed E-state index contributed by atoms with van der Waals surface area (Å²) in [5.74, 6) is 0. The lowest BCUT2D eigenvalue weighted by atomic mass is 10.0. The van der Waals surface area contributed by atoms with Gasteiger partial charge in [0.1, 0.15) is 6.33 Å². The number of benzene rings is 1. The highest BCUT2D eigenvalue weighted by atomic mass is 16.5. The minimum Gasteiger partial charge on any atom is -0.378 e. The zero-order valence-electron chi connectivity index (χ0n) is 13.9. The standard InChI is InChI=1S/C18H21N5O/c1-12-5-13(3-4-14(12)7-19)18-17-6-15(8-23(17)21-11-20-18)22-9-16(10-22)24-2/h3-6,8,11,16H,7,9-10,19H2,1-2H3. The van der Waals surface area contributed by atoms with Gasteiger partial charge in [0.2, 0.25) is 0 Å². The molecule has 24 heavy (non-hydrogen) atoms. The number of rotatable bonds is 4. The summed E-state index contributed by atoms with van der Waals surface area (Å²) in [4.78, 5) is 6.80. The van der Waals surface area contributed by atoms with Crippen molar-refractivity contribution in [3.05, 3.63) is 47.9 Å². The molecule has 124 valence electrons. The SMILES string of the molecule is COC1CN(c2cc3c(-c4ccc(CN)c(C)c4)ncnn3c2)C1. The Bertz CT molecular complexity index is 882. The molecule has 0 bridgehead atoms. The van der Waals surface area contributed by atoms with E-state index >= 15 is 0 Å². The third-order valence-corrected chi connectivity index (χ3v) is 4.77. The molecule has 2 N–H and O–H groups in total. The van der Waals surface area contributed by atoms with E-state index < -0.39 is 0 Å². The van der Waals surface area contributed by atoms with Crippen molar-refractivity contribution < 1.29 is 4.74 Å². The van der Waals surface area contributed by atoms with Gasteiger partial charge in [-0.3, -0.25) is 0 Å². The second-order valence-electron chi connectivity index (χ2n) is 6.24. The Morgan fingerprint density at radius 1 is 1.29 bits per heavy atom. The molecule has 1 aromatic carbocycles. The van der Waals surface area contributed by atoms with Crippen LogP contribution in [-0.4, -0.2) is 40.9 Å². The van der Waals surface area contributed by atoms with Crippen LogP contribution in [0.25, 0.3) is 16.8 Å². The lowest BCUT2D eigenvalue weighted by Gasteiger charge is -2.39. The summed E-state index contributed by atoms with van der Waals surface area (Å²) < 4.78 is 7.25. The van der Waals surface area contributed by atoms with E-state index in [1.54, 1.807) is 13.4 Å². The van der Waals surface area contributed by atoms with E-state index in [2.05, 4.69) is 46.2 Å².